The van der Waals surface area contributed by atoms with Crippen molar-refractivity contribution in [1.82, 2.24) is 15.3 Å². The number of carbonyl (C=O) groups excluding carboxylic acids is 2. The Labute approximate surface area is 121 Å². The average molecular weight is 297 g/mol. The van der Waals surface area contributed by atoms with Crippen LogP contribution in [0.4, 0.5) is 5.82 Å². The van der Waals surface area contributed by atoms with E-state index >= 15 is 0 Å². The molecule has 0 aliphatic rings. The van der Waals surface area contributed by atoms with Crippen LogP contribution < -0.4 is 16.8 Å². The number of hydrogen-bond donors (Lipinski definition) is 3. The van der Waals surface area contributed by atoms with E-state index in [-0.39, 0.29) is 18.2 Å². The number of ketones is 1. The summed E-state index contributed by atoms with van der Waals surface area (Å²) in [4.78, 5) is 30.4. The van der Waals surface area contributed by atoms with Gasteiger partial charge in [-0.25, -0.2) is 9.97 Å². The Bertz CT molecular complexity index is 495. The molecule has 0 aromatic carbocycles. The predicted octanol–water partition coefficient (Wildman–Crippen LogP) is -0.367. The summed E-state index contributed by atoms with van der Waals surface area (Å²) in [6, 6.07) is -0.660. The third-order valence-electron chi connectivity index (χ3n) is 2.42. The summed E-state index contributed by atoms with van der Waals surface area (Å²) in [5.74, 6) is 1.64. The number of Topliss-reactive ketones (excluding diaryl/α,β-unsaturated/α-hetero) is 1. The number of nitrogens with zero attached hydrogens (tertiary/aromatic N) is 2. The van der Waals surface area contributed by atoms with E-state index in [0.29, 0.717) is 23.1 Å². The molecule has 0 radical (unpaired) electrons. The summed E-state index contributed by atoms with van der Waals surface area (Å²) in [7, 11) is 0. The number of hydrogen-bond acceptors (Lipinski definition) is 7. The summed E-state index contributed by atoms with van der Waals surface area (Å²) in [5, 5.41) is 2.47. The molecule has 20 heavy (non-hydrogen) atoms. The maximum Gasteiger partial charge on any atom is 0.238 e. The molecule has 1 unspecified atom stereocenters. The van der Waals surface area contributed by atoms with E-state index in [4.69, 9.17) is 11.5 Å². The lowest BCUT2D eigenvalue weighted by Crippen LogP contribution is -2.43. The van der Waals surface area contributed by atoms with Gasteiger partial charge in [-0.3, -0.25) is 9.59 Å². The third-order valence-corrected chi connectivity index (χ3v) is 3.53. The second-order valence-corrected chi connectivity index (χ2v) is 5.40. The van der Waals surface area contributed by atoms with Crippen LogP contribution in [0.5, 0.6) is 0 Å². The highest BCUT2D eigenvalue weighted by molar-refractivity contribution is 7.98. The smallest absolute Gasteiger partial charge is 0.238 e. The first kappa shape index (κ1) is 16.4. The van der Waals surface area contributed by atoms with Gasteiger partial charge in [0, 0.05) is 23.3 Å². The van der Waals surface area contributed by atoms with Gasteiger partial charge in [0.25, 0.3) is 0 Å². The Morgan fingerprint density at radius 1 is 1.50 bits per heavy atom. The highest BCUT2D eigenvalue weighted by atomic mass is 32.2. The molecule has 1 aromatic rings. The molecule has 0 saturated heterocycles. The van der Waals surface area contributed by atoms with Crippen LogP contribution in [0.2, 0.25) is 0 Å². The van der Waals surface area contributed by atoms with Crippen molar-refractivity contribution in [2.45, 2.75) is 25.6 Å². The largest absolute Gasteiger partial charge is 0.383 e. The molecule has 0 fully saturated rings. The molecule has 1 rings (SSSR count). The van der Waals surface area contributed by atoms with E-state index < -0.39 is 6.04 Å². The van der Waals surface area contributed by atoms with Crippen molar-refractivity contribution in [1.29, 1.82) is 0 Å². The zero-order valence-electron chi connectivity index (χ0n) is 11.5. The Morgan fingerprint density at radius 2 is 2.20 bits per heavy atom. The van der Waals surface area contributed by atoms with Gasteiger partial charge in [0.2, 0.25) is 5.91 Å². The van der Waals surface area contributed by atoms with Crippen LogP contribution in [0.25, 0.3) is 0 Å². The number of thioether (sulfide) groups is 1. The van der Waals surface area contributed by atoms with Gasteiger partial charge >= 0.3 is 0 Å². The Hall–Kier alpha value is -1.67. The van der Waals surface area contributed by atoms with E-state index in [9.17, 15) is 9.59 Å². The Kier molecular flexibility index (Phi) is 6.40. The van der Waals surface area contributed by atoms with Crippen LogP contribution >= 0.6 is 11.8 Å². The molecule has 1 atom stereocenters. The van der Waals surface area contributed by atoms with Gasteiger partial charge in [-0.05, 0) is 13.8 Å². The minimum absolute atomic E-state index is 0.00987. The standard InChI is InChI=1S/C12H19N5O2S/c1-7(18)3-16-12(19)10(13)6-20-5-9-4-15-8(2)17-11(9)14/h4,10H,3,5-6,13H2,1-2H3,(H,16,19)(H2,14,15,17). The van der Waals surface area contributed by atoms with Crippen molar-refractivity contribution in [3.05, 3.63) is 17.6 Å². The lowest BCUT2D eigenvalue weighted by Gasteiger charge is -2.11. The fourth-order valence-corrected chi connectivity index (χ4v) is 2.30. The zero-order valence-corrected chi connectivity index (χ0v) is 12.4. The van der Waals surface area contributed by atoms with E-state index in [1.807, 2.05) is 0 Å². The number of nitrogens with two attached hydrogens (primary N) is 2. The topological polar surface area (TPSA) is 124 Å². The van der Waals surface area contributed by atoms with Gasteiger partial charge in [0.1, 0.15) is 17.4 Å². The van der Waals surface area contributed by atoms with E-state index in [0.717, 1.165) is 5.56 Å². The maximum atomic E-state index is 11.6. The molecular formula is C12H19N5O2S. The molecule has 1 amide bonds. The number of nitrogen functional groups attached to an aromatic ring is 1. The monoisotopic (exact) mass is 297 g/mol. The fourth-order valence-electron chi connectivity index (χ4n) is 1.34. The number of carbonyl (C=O) groups is 2. The molecule has 1 heterocycles. The molecule has 110 valence electrons. The minimum atomic E-state index is -0.660. The minimum Gasteiger partial charge on any atom is -0.383 e. The molecule has 0 bridgehead atoms. The first-order valence-electron chi connectivity index (χ1n) is 6.08. The van der Waals surface area contributed by atoms with E-state index in [2.05, 4.69) is 15.3 Å². The van der Waals surface area contributed by atoms with Gasteiger partial charge < -0.3 is 16.8 Å². The predicted molar refractivity (Wildman–Crippen MR) is 79.0 cm³/mol. The quantitative estimate of drug-likeness (QED) is 0.627. The highest BCUT2D eigenvalue weighted by Gasteiger charge is 2.14. The van der Waals surface area contributed by atoms with Crippen molar-refractivity contribution in [2.24, 2.45) is 5.73 Å². The van der Waals surface area contributed by atoms with Gasteiger partial charge in [0.15, 0.2) is 0 Å². The maximum absolute atomic E-state index is 11.6. The summed E-state index contributed by atoms with van der Waals surface area (Å²) in [6.45, 7) is 3.18. The molecule has 1 aromatic heterocycles. The highest BCUT2D eigenvalue weighted by Crippen LogP contribution is 2.16. The van der Waals surface area contributed by atoms with Crippen molar-refractivity contribution < 1.29 is 9.59 Å². The molecule has 7 nitrogen and oxygen atoms in total. The Balaban J connectivity index is 2.36. The fraction of sp³-hybridized carbons (Fsp3) is 0.500. The van der Waals surface area contributed by atoms with Gasteiger partial charge in [0.05, 0.1) is 12.6 Å². The first-order valence-corrected chi connectivity index (χ1v) is 7.24. The summed E-state index contributed by atoms with van der Waals surface area (Å²) >= 11 is 1.47. The normalized spacial score (nSPS) is 11.9. The van der Waals surface area contributed by atoms with Gasteiger partial charge in [-0.15, -0.1) is 0 Å². The number of nitrogens with one attached hydrogen (secondary N) is 1. The molecular weight excluding hydrogens is 278 g/mol. The second kappa shape index (κ2) is 7.81. The zero-order chi connectivity index (χ0) is 15.1. The lowest BCUT2D eigenvalue weighted by atomic mass is 10.3. The van der Waals surface area contributed by atoms with Crippen molar-refractivity contribution in [3.63, 3.8) is 0 Å². The summed E-state index contributed by atoms with van der Waals surface area (Å²) < 4.78 is 0. The molecule has 0 aliphatic heterocycles. The molecule has 5 N–H and O–H groups in total. The van der Waals surface area contributed by atoms with Gasteiger partial charge in [-0.2, -0.15) is 11.8 Å². The van der Waals surface area contributed by atoms with Gasteiger partial charge in [-0.1, -0.05) is 0 Å². The number of aromatic nitrogens is 2. The summed E-state index contributed by atoms with van der Waals surface area (Å²) in [5.41, 5.74) is 12.3. The van der Waals surface area contributed by atoms with Crippen LogP contribution in [-0.2, 0) is 15.3 Å². The molecule has 8 heteroatoms. The van der Waals surface area contributed by atoms with Crippen LogP contribution in [-0.4, -0.2) is 40.0 Å². The van der Waals surface area contributed by atoms with Crippen molar-refractivity contribution in [3.8, 4) is 0 Å². The first-order chi connectivity index (χ1) is 9.40. The average Bonchev–Trinajstić information content (AvgIpc) is 2.38. The van der Waals surface area contributed by atoms with Crippen molar-refractivity contribution in [2.75, 3.05) is 18.0 Å². The van der Waals surface area contributed by atoms with Crippen LogP contribution in [0, 0.1) is 6.92 Å². The van der Waals surface area contributed by atoms with Crippen LogP contribution in [0.1, 0.15) is 18.3 Å². The number of amides is 1. The molecule has 0 aliphatic carbocycles. The number of rotatable bonds is 7. The second-order valence-electron chi connectivity index (χ2n) is 4.37. The van der Waals surface area contributed by atoms with Crippen molar-refractivity contribution >= 4 is 29.3 Å². The molecule has 0 spiro atoms. The summed E-state index contributed by atoms with van der Waals surface area (Å²) in [6.07, 6.45) is 1.67. The van der Waals surface area contributed by atoms with Crippen LogP contribution in [0.15, 0.2) is 6.20 Å². The van der Waals surface area contributed by atoms with E-state index in [1.165, 1.54) is 18.7 Å². The lowest BCUT2D eigenvalue weighted by molar-refractivity contribution is -0.125. The van der Waals surface area contributed by atoms with Crippen LogP contribution in [0.3, 0.4) is 0 Å². The molecule has 0 saturated carbocycles. The third kappa shape index (κ3) is 5.54. The van der Waals surface area contributed by atoms with E-state index in [1.54, 1.807) is 13.1 Å². The number of anilines is 1. The SMILES string of the molecule is CC(=O)CNC(=O)C(N)CSCc1cnc(C)nc1N. The number of aryl methyl sites for hydroxylation is 1. The Morgan fingerprint density at radius 3 is 2.80 bits per heavy atom.